The Hall–Kier alpha value is -0.680. The molecule has 0 aliphatic heterocycles. The van der Waals surface area contributed by atoms with E-state index in [-0.39, 0.29) is 0 Å². The van der Waals surface area contributed by atoms with Gasteiger partial charge in [0.2, 0.25) is 5.13 Å². The van der Waals surface area contributed by atoms with E-state index in [9.17, 15) is 0 Å². The lowest BCUT2D eigenvalue weighted by molar-refractivity contribution is 0.116. The Morgan fingerprint density at radius 3 is 2.85 bits per heavy atom. The van der Waals surface area contributed by atoms with Gasteiger partial charge in [0.05, 0.1) is 0 Å². The van der Waals surface area contributed by atoms with Gasteiger partial charge in [-0.1, -0.05) is 31.1 Å². The van der Waals surface area contributed by atoms with Crippen LogP contribution >= 0.6 is 11.3 Å². The van der Waals surface area contributed by atoms with Crippen LogP contribution in [0.2, 0.25) is 0 Å². The van der Waals surface area contributed by atoms with Crippen molar-refractivity contribution in [3.63, 3.8) is 0 Å². The van der Waals surface area contributed by atoms with Gasteiger partial charge in [0.1, 0.15) is 11.6 Å². The quantitative estimate of drug-likeness (QED) is 0.713. The van der Waals surface area contributed by atoms with Gasteiger partial charge in [0.15, 0.2) is 0 Å². The SMILES string of the molecule is CCCCCOCc1nnc(N)s1. The van der Waals surface area contributed by atoms with E-state index in [4.69, 9.17) is 10.5 Å². The van der Waals surface area contributed by atoms with Crippen LogP contribution in [-0.2, 0) is 11.3 Å². The predicted molar refractivity (Wildman–Crippen MR) is 53.5 cm³/mol. The highest BCUT2D eigenvalue weighted by Gasteiger charge is 1.99. The Morgan fingerprint density at radius 2 is 2.23 bits per heavy atom. The number of hydrogen-bond donors (Lipinski definition) is 1. The fraction of sp³-hybridized carbons (Fsp3) is 0.750. The van der Waals surface area contributed by atoms with E-state index >= 15 is 0 Å². The van der Waals surface area contributed by atoms with Crippen LogP contribution in [0.5, 0.6) is 0 Å². The molecular formula is C8H15N3OS. The fourth-order valence-electron chi connectivity index (χ4n) is 0.939. The van der Waals surface area contributed by atoms with Crippen LogP contribution in [0.15, 0.2) is 0 Å². The highest BCUT2D eigenvalue weighted by atomic mass is 32.1. The number of nitrogen functional groups attached to an aromatic ring is 1. The van der Waals surface area contributed by atoms with Crippen molar-refractivity contribution < 1.29 is 4.74 Å². The Balaban J connectivity index is 2.06. The molecule has 1 heterocycles. The lowest BCUT2D eigenvalue weighted by Crippen LogP contribution is -1.94. The summed E-state index contributed by atoms with van der Waals surface area (Å²) in [6, 6.07) is 0. The molecule has 0 saturated carbocycles. The molecule has 0 aliphatic rings. The van der Waals surface area contributed by atoms with Gasteiger partial charge in [-0.25, -0.2) is 0 Å². The molecule has 0 amide bonds. The highest BCUT2D eigenvalue weighted by Crippen LogP contribution is 2.11. The van der Waals surface area contributed by atoms with E-state index in [1.807, 2.05) is 0 Å². The van der Waals surface area contributed by atoms with Gasteiger partial charge in [0.25, 0.3) is 0 Å². The van der Waals surface area contributed by atoms with Crippen LogP contribution in [0, 0.1) is 0 Å². The molecular weight excluding hydrogens is 186 g/mol. The first-order chi connectivity index (χ1) is 6.33. The van der Waals surface area contributed by atoms with Crippen molar-refractivity contribution in [3.05, 3.63) is 5.01 Å². The third-order valence-electron chi connectivity index (χ3n) is 1.60. The summed E-state index contributed by atoms with van der Waals surface area (Å²) in [6.45, 7) is 3.51. The Bertz CT molecular complexity index is 239. The first-order valence-electron chi connectivity index (χ1n) is 4.48. The summed E-state index contributed by atoms with van der Waals surface area (Å²) < 4.78 is 5.39. The van der Waals surface area contributed by atoms with Gasteiger partial charge in [-0.2, -0.15) is 0 Å². The zero-order valence-corrected chi connectivity index (χ0v) is 8.64. The molecule has 0 atom stereocenters. The van der Waals surface area contributed by atoms with Crippen molar-refractivity contribution in [2.45, 2.75) is 32.8 Å². The normalized spacial score (nSPS) is 10.5. The van der Waals surface area contributed by atoms with Crippen molar-refractivity contribution in [3.8, 4) is 0 Å². The number of aromatic nitrogens is 2. The van der Waals surface area contributed by atoms with Crippen LogP contribution in [0.1, 0.15) is 31.2 Å². The van der Waals surface area contributed by atoms with Gasteiger partial charge >= 0.3 is 0 Å². The Kier molecular flexibility index (Phi) is 4.70. The minimum Gasteiger partial charge on any atom is -0.374 e. The molecule has 1 aromatic rings. The van der Waals surface area contributed by atoms with Crippen LogP contribution in [-0.4, -0.2) is 16.8 Å². The summed E-state index contributed by atoms with van der Waals surface area (Å²) in [5.74, 6) is 0. The molecule has 0 unspecified atom stereocenters. The van der Waals surface area contributed by atoms with Crippen molar-refractivity contribution in [1.29, 1.82) is 0 Å². The topological polar surface area (TPSA) is 61.0 Å². The molecule has 13 heavy (non-hydrogen) atoms. The molecule has 0 bridgehead atoms. The molecule has 0 radical (unpaired) electrons. The van der Waals surface area contributed by atoms with E-state index in [0.717, 1.165) is 18.0 Å². The average molecular weight is 201 g/mol. The molecule has 4 nitrogen and oxygen atoms in total. The Labute approximate surface area is 82.1 Å². The van der Waals surface area contributed by atoms with E-state index in [0.29, 0.717) is 11.7 Å². The van der Waals surface area contributed by atoms with Crippen LogP contribution in [0.25, 0.3) is 0 Å². The average Bonchev–Trinajstić information content (AvgIpc) is 2.51. The highest BCUT2D eigenvalue weighted by molar-refractivity contribution is 7.15. The number of nitrogens with two attached hydrogens (primary N) is 1. The maximum absolute atomic E-state index is 5.42. The Morgan fingerprint density at radius 1 is 1.38 bits per heavy atom. The van der Waals surface area contributed by atoms with E-state index in [1.54, 1.807) is 0 Å². The summed E-state index contributed by atoms with van der Waals surface area (Å²) in [5, 5.41) is 8.91. The molecule has 0 fully saturated rings. The summed E-state index contributed by atoms with van der Waals surface area (Å²) in [4.78, 5) is 0. The second-order valence-electron chi connectivity index (χ2n) is 2.79. The largest absolute Gasteiger partial charge is 0.374 e. The van der Waals surface area contributed by atoms with E-state index in [2.05, 4.69) is 17.1 Å². The van der Waals surface area contributed by atoms with Gasteiger partial charge < -0.3 is 10.5 Å². The lowest BCUT2D eigenvalue weighted by atomic mass is 10.3. The second kappa shape index (κ2) is 5.88. The zero-order chi connectivity index (χ0) is 9.52. The van der Waals surface area contributed by atoms with Gasteiger partial charge in [-0.3, -0.25) is 0 Å². The first kappa shape index (κ1) is 10.4. The summed E-state index contributed by atoms with van der Waals surface area (Å²) in [7, 11) is 0. The predicted octanol–water partition coefficient (Wildman–Crippen LogP) is 1.83. The number of nitrogens with zero attached hydrogens (tertiary/aromatic N) is 2. The maximum Gasteiger partial charge on any atom is 0.203 e. The number of rotatable bonds is 6. The maximum atomic E-state index is 5.42. The molecule has 0 spiro atoms. The van der Waals surface area contributed by atoms with Crippen molar-refractivity contribution in [2.75, 3.05) is 12.3 Å². The van der Waals surface area contributed by atoms with Gasteiger partial charge in [-0.15, -0.1) is 10.2 Å². The molecule has 2 N–H and O–H groups in total. The zero-order valence-electron chi connectivity index (χ0n) is 7.82. The second-order valence-corrected chi connectivity index (χ2v) is 3.89. The number of unbranched alkanes of at least 4 members (excludes halogenated alkanes) is 2. The number of hydrogen-bond acceptors (Lipinski definition) is 5. The van der Waals surface area contributed by atoms with E-state index < -0.39 is 0 Å². The summed E-state index contributed by atoms with van der Waals surface area (Å²) in [6.07, 6.45) is 3.55. The molecule has 0 aromatic carbocycles. The van der Waals surface area contributed by atoms with Gasteiger partial charge in [0, 0.05) is 6.61 Å². The minimum atomic E-state index is 0.507. The van der Waals surface area contributed by atoms with Crippen LogP contribution in [0.3, 0.4) is 0 Å². The third-order valence-corrected chi connectivity index (χ3v) is 2.33. The molecule has 0 aliphatic carbocycles. The molecule has 5 heteroatoms. The molecule has 0 saturated heterocycles. The van der Waals surface area contributed by atoms with Crippen molar-refractivity contribution in [1.82, 2.24) is 10.2 Å². The van der Waals surface area contributed by atoms with Crippen LogP contribution in [0.4, 0.5) is 5.13 Å². The number of ether oxygens (including phenoxy) is 1. The lowest BCUT2D eigenvalue weighted by Gasteiger charge is -1.99. The fourth-order valence-corrected chi connectivity index (χ4v) is 1.49. The molecule has 1 rings (SSSR count). The minimum absolute atomic E-state index is 0.507. The standard InChI is InChI=1S/C8H15N3OS/c1-2-3-4-5-12-6-7-10-11-8(9)13-7/h2-6H2,1H3,(H2,9,11). The smallest absolute Gasteiger partial charge is 0.203 e. The van der Waals surface area contributed by atoms with Crippen molar-refractivity contribution >= 4 is 16.5 Å². The number of anilines is 1. The third kappa shape index (κ3) is 4.19. The van der Waals surface area contributed by atoms with Crippen LogP contribution < -0.4 is 5.73 Å². The summed E-state index contributed by atoms with van der Waals surface area (Å²) in [5.41, 5.74) is 5.42. The van der Waals surface area contributed by atoms with E-state index in [1.165, 1.54) is 24.2 Å². The van der Waals surface area contributed by atoms with Gasteiger partial charge in [-0.05, 0) is 6.42 Å². The molecule has 74 valence electrons. The monoisotopic (exact) mass is 201 g/mol. The molecule has 1 aromatic heterocycles. The first-order valence-corrected chi connectivity index (χ1v) is 5.30. The summed E-state index contributed by atoms with van der Waals surface area (Å²) >= 11 is 1.38. The van der Waals surface area contributed by atoms with Crippen molar-refractivity contribution in [2.24, 2.45) is 0 Å².